The first-order valence-electron chi connectivity index (χ1n) is 33.4. The molecule has 1 heterocycles. The zero-order valence-corrected chi connectivity index (χ0v) is 51.9. The normalized spacial score (nSPS) is 19.2. The number of hydrogen-bond acceptors (Lipinski definition) is 10. The highest BCUT2D eigenvalue weighted by molar-refractivity contribution is 5.80. The van der Waals surface area contributed by atoms with Crippen LogP contribution in [-0.4, -0.2) is 99.6 Å². The molecule has 0 spiro atoms. The number of rotatable bonds is 56. The standard InChI is InChI=1S/C70H123NO10/c1-4-7-10-13-16-19-22-24-26-28-30-31-32-34-35-37-39-42-45-48-51-54-57-63(74)69(78)71-61(62(73)56-53-50-47-44-41-21-18-15-12-9-6-3)60-79-70-68(67(77)66(76)64(59-72)80-70)81-65(75)58-55-52-49-46-43-40-38-36-33-29-27-25-23-20-17-14-11-8-5-2/h8,11,17,20,25,27,33,36,40,43,49,52-53,56,61-64,66-68,70,72-74,76-77H,4-7,9-10,12-16,18-19,21-24,26,28-32,34-35,37-39,41-42,44-48,50-51,54-55,57-60H2,1-3H3,(H,71,78)/b11-8-,20-17-,27-25-,36-33-,43-40-,52-49-,56-53+. The van der Waals surface area contributed by atoms with Crippen molar-refractivity contribution in [3.63, 3.8) is 0 Å². The summed E-state index contributed by atoms with van der Waals surface area (Å²) in [5.74, 6) is -1.28. The fourth-order valence-corrected chi connectivity index (χ4v) is 10.1. The van der Waals surface area contributed by atoms with E-state index in [0.717, 1.165) is 77.0 Å². The summed E-state index contributed by atoms with van der Waals surface area (Å²) in [6.07, 6.45) is 65.0. The number of hydrogen-bond donors (Lipinski definition) is 6. The Labute approximate surface area is 495 Å². The number of esters is 1. The molecule has 0 bridgehead atoms. The van der Waals surface area contributed by atoms with Crippen molar-refractivity contribution in [2.75, 3.05) is 13.2 Å². The van der Waals surface area contributed by atoms with Gasteiger partial charge in [-0.1, -0.05) is 298 Å². The van der Waals surface area contributed by atoms with Gasteiger partial charge in [-0.05, 0) is 64.2 Å². The van der Waals surface area contributed by atoms with Gasteiger partial charge in [-0.3, -0.25) is 9.59 Å². The lowest BCUT2D eigenvalue weighted by Gasteiger charge is -2.41. The first-order valence-corrected chi connectivity index (χ1v) is 33.4. The van der Waals surface area contributed by atoms with Crippen LogP contribution < -0.4 is 5.32 Å². The van der Waals surface area contributed by atoms with Crippen LogP contribution in [0.5, 0.6) is 0 Å². The smallest absolute Gasteiger partial charge is 0.306 e. The van der Waals surface area contributed by atoms with Crippen LogP contribution >= 0.6 is 0 Å². The molecule has 0 aliphatic carbocycles. The summed E-state index contributed by atoms with van der Waals surface area (Å²) in [6, 6.07) is -1.04. The highest BCUT2D eigenvalue weighted by Crippen LogP contribution is 2.26. The van der Waals surface area contributed by atoms with Gasteiger partial charge in [0.05, 0.1) is 25.4 Å². The van der Waals surface area contributed by atoms with Gasteiger partial charge in [0, 0.05) is 6.42 Å². The van der Waals surface area contributed by atoms with E-state index in [0.29, 0.717) is 19.3 Å². The molecule has 81 heavy (non-hydrogen) atoms. The summed E-state index contributed by atoms with van der Waals surface area (Å²) < 4.78 is 17.6. The average Bonchev–Trinajstić information content (AvgIpc) is 3.50. The van der Waals surface area contributed by atoms with E-state index < -0.39 is 67.4 Å². The van der Waals surface area contributed by atoms with Gasteiger partial charge in [-0.2, -0.15) is 0 Å². The molecule has 11 nitrogen and oxygen atoms in total. The van der Waals surface area contributed by atoms with Crippen molar-refractivity contribution < 1.29 is 49.3 Å². The second-order valence-corrected chi connectivity index (χ2v) is 22.8. The molecule has 1 aliphatic rings. The monoisotopic (exact) mass is 1140 g/mol. The molecule has 1 aliphatic heterocycles. The van der Waals surface area contributed by atoms with Crippen molar-refractivity contribution >= 4 is 11.9 Å². The first kappa shape index (κ1) is 75.9. The molecule has 11 heteroatoms. The molecule has 1 rings (SSSR count). The van der Waals surface area contributed by atoms with Crippen LogP contribution in [0.4, 0.5) is 0 Å². The molecule has 1 fully saturated rings. The Kier molecular flexibility index (Phi) is 53.6. The Hall–Kier alpha value is -3.16. The topological polar surface area (TPSA) is 175 Å². The number of carbonyl (C=O) groups is 2. The lowest BCUT2D eigenvalue weighted by Crippen LogP contribution is -2.61. The third-order valence-corrected chi connectivity index (χ3v) is 15.3. The Morgan fingerprint density at radius 1 is 0.494 bits per heavy atom. The number of nitrogens with one attached hydrogen (secondary N) is 1. The van der Waals surface area contributed by atoms with Gasteiger partial charge < -0.3 is 45.1 Å². The summed E-state index contributed by atoms with van der Waals surface area (Å²) in [4.78, 5) is 26.6. The van der Waals surface area contributed by atoms with E-state index in [1.165, 1.54) is 154 Å². The zero-order valence-electron chi connectivity index (χ0n) is 51.9. The maximum absolute atomic E-state index is 13.5. The third kappa shape index (κ3) is 45.0. The predicted molar refractivity (Wildman–Crippen MR) is 338 cm³/mol. The second kappa shape index (κ2) is 57.3. The first-order chi connectivity index (χ1) is 39.7. The fraction of sp³-hybridized carbons (Fsp3) is 0.771. The average molecular weight is 1140 g/mol. The molecular weight excluding hydrogens is 1010 g/mol. The molecule has 0 aromatic heterocycles. The van der Waals surface area contributed by atoms with Gasteiger partial charge in [0.25, 0.3) is 0 Å². The highest BCUT2D eigenvalue weighted by atomic mass is 16.7. The van der Waals surface area contributed by atoms with Crippen LogP contribution in [0, 0.1) is 0 Å². The van der Waals surface area contributed by atoms with Gasteiger partial charge in [0.1, 0.15) is 24.4 Å². The SMILES string of the molecule is CC/C=C\C/C=C\C/C=C\C/C=C\C/C=C\C/C=C\CCC(=O)OC1C(OCC(NC(=O)C(O)CCCCCCCCCCCCCCCCCCCCCCCC)C(O)/C=C/CCCCCCCCCCC)OC(CO)C(O)C1O. The minimum atomic E-state index is -1.65. The number of amides is 1. The van der Waals surface area contributed by atoms with E-state index in [1.54, 1.807) is 6.08 Å². The van der Waals surface area contributed by atoms with E-state index in [-0.39, 0.29) is 19.4 Å². The van der Waals surface area contributed by atoms with Gasteiger partial charge in [0.2, 0.25) is 5.91 Å². The largest absolute Gasteiger partial charge is 0.454 e. The molecule has 1 amide bonds. The van der Waals surface area contributed by atoms with Crippen molar-refractivity contribution in [2.45, 2.75) is 333 Å². The molecule has 6 N–H and O–H groups in total. The van der Waals surface area contributed by atoms with Crippen LogP contribution in [0.3, 0.4) is 0 Å². The maximum atomic E-state index is 13.5. The lowest BCUT2D eigenvalue weighted by atomic mass is 9.99. The van der Waals surface area contributed by atoms with E-state index in [2.05, 4.69) is 86.8 Å². The van der Waals surface area contributed by atoms with Crippen molar-refractivity contribution in [1.29, 1.82) is 0 Å². The van der Waals surface area contributed by atoms with E-state index >= 15 is 0 Å². The number of unbranched alkanes of at least 4 members (excludes halogenated alkanes) is 30. The van der Waals surface area contributed by atoms with Crippen molar-refractivity contribution in [3.8, 4) is 0 Å². The van der Waals surface area contributed by atoms with Crippen molar-refractivity contribution in [3.05, 3.63) is 85.1 Å². The van der Waals surface area contributed by atoms with Gasteiger partial charge in [-0.15, -0.1) is 0 Å². The Balaban J connectivity index is 2.64. The Bertz CT molecular complexity index is 1640. The summed E-state index contributed by atoms with van der Waals surface area (Å²) >= 11 is 0. The Morgan fingerprint density at radius 2 is 0.889 bits per heavy atom. The number of allylic oxidation sites excluding steroid dienone is 13. The lowest BCUT2D eigenvalue weighted by molar-refractivity contribution is -0.305. The molecule has 8 unspecified atom stereocenters. The third-order valence-electron chi connectivity index (χ3n) is 15.3. The molecule has 0 aromatic carbocycles. The van der Waals surface area contributed by atoms with Crippen LogP contribution in [0.15, 0.2) is 85.1 Å². The maximum Gasteiger partial charge on any atom is 0.306 e. The van der Waals surface area contributed by atoms with E-state index in [4.69, 9.17) is 14.2 Å². The predicted octanol–water partition coefficient (Wildman–Crippen LogP) is 16.5. The number of aliphatic hydroxyl groups excluding tert-OH is 5. The minimum absolute atomic E-state index is 0.00371. The summed E-state index contributed by atoms with van der Waals surface area (Å²) in [5.41, 5.74) is 0. The fourth-order valence-electron chi connectivity index (χ4n) is 10.1. The zero-order chi connectivity index (χ0) is 58.9. The second-order valence-electron chi connectivity index (χ2n) is 22.8. The van der Waals surface area contributed by atoms with Gasteiger partial charge in [-0.25, -0.2) is 0 Å². The van der Waals surface area contributed by atoms with Crippen molar-refractivity contribution in [2.24, 2.45) is 0 Å². The van der Waals surface area contributed by atoms with Crippen molar-refractivity contribution in [1.82, 2.24) is 5.32 Å². The van der Waals surface area contributed by atoms with Gasteiger partial charge in [0.15, 0.2) is 12.4 Å². The minimum Gasteiger partial charge on any atom is -0.454 e. The molecule has 0 aromatic rings. The van der Waals surface area contributed by atoms with Crippen LogP contribution in [0.1, 0.15) is 284 Å². The summed E-state index contributed by atoms with van der Waals surface area (Å²) in [5, 5.41) is 57.0. The number of ether oxygens (including phenoxy) is 3. The molecule has 1 saturated heterocycles. The van der Waals surface area contributed by atoms with E-state index in [9.17, 15) is 35.1 Å². The van der Waals surface area contributed by atoms with E-state index in [1.807, 2.05) is 18.2 Å². The summed E-state index contributed by atoms with van der Waals surface area (Å²) in [7, 11) is 0. The molecule has 0 saturated carbocycles. The molecule has 468 valence electrons. The van der Waals surface area contributed by atoms with Crippen LogP contribution in [0.25, 0.3) is 0 Å². The Morgan fingerprint density at radius 3 is 1.31 bits per heavy atom. The highest BCUT2D eigenvalue weighted by Gasteiger charge is 2.47. The van der Waals surface area contributed by atoms with Crippen LogP contribution in [0.2, 0.25) is 0 Å². The number of carbonyl (C=O) groups excluding carboxylic acids is 2. The number of aliphatic hydroxyl groups is 5. The quantitative estimate of drug-likeness (QED) is 0.0195. The van der Waals surface area contributed by atoms with Gasteiger partial charge >= 0.3 is 5.97 Å². The summed E-state index contributed by atoms with van der Waals surface area (Å²) in [6.45, 7) is 5.65. The van der Waals surface area contributed by atoms with Crippen LogP contribution in [-0.2, 0) is 23.8 Å². The molecule has 8 atom stereocenters. The molecular formula is C70H123NO10. The molecule has 0 radical (unpaired) electrons.